The van der Waals surface area contributed by atoms with Crippen molar-refractivity contribution in [3.8, 4) is 5.75 Å². The summed E-state index contributed by atoms with van der Waals surface area (Å²) in [5, 5.41) is 0.262. The molecule has 2 amide bonds. The lowest BCUT2D eigenvalue weighted by Crippen LogP contribution is -2.44. The number of carbonyl (C=O) groups is 2. The van der Waals surface area contributed by atoms with Crippen molar-refractivity contribution in [3.63, 3.8) is 0 Å². The van der Waals surface area contributed by atoms with Gasteiger partial charge in [-0.15, -0.1) is 9.35 Å². The third kappa shape index (κ3) is 3.74. The van der Waals surface area contributed by atoms with Crippen molar-refractivity contribution in [2.45, 2.75) is 31.6 Å². The van der Waals surface area contributed by atoms with Crippen molar-refractivity contribution in [2.75, 3.05) is 0 Å². The van der Waals surface area contributed by atoms with Crippen LogP contribution < -0.4 is 4.43 Å². The summed E-state index contributed by atoms with van der Waals surface area (Å²) in [5.41, 5.74) is -6.15. The van der Waals surface area contributed by atoms with E-state index in [0.717, 1.165) is 6.04 Å². The third-order valence-corrected chi connectivity index (χ3v) is 7.89. The Morgan fingerprint density at radius 2 is 1.69 bits per heavy atom. The van der Waals surface area contributed by atoms with Crippen molar-refractivity contribution >= 4 is 41.0 Å². The zero-order chi connectivity index (χ0) is 21.8. The predicted octanol–water partition coefficient (Wildman–Crippen LogP) is 3.82. The minimum absolute atomic E-state index is 0.159. The number of rotatable bonds is 5. The van der Waals surface area contributed by atoms with E-state index in [9.17, 15) is 31.2 Å². The lowest BCUT2D eigenvalue weighted by atomic mass is 9.95. The number of imide groups is 1. The Labute approximate surface area is 165 Å². The van der Waals surface area contributed by atoms with Gasteiger partial charge in [0.05, 0.1) is 11.1 Å². The van der Waals surface area contributed by atoms with Crippen LogP contribution in [-0.2, 0) is 14.4 Å². The van der Waals surface area contributed by atoms with Crippen molar-refractivity contribution in [2.24, 2.45) is 0 Å². The second-order valence-electron chi connectivity index (χ2n) is 6.97. The second-order valence-corrected chi connectivity index (χ2v) is 12.9. The molecule has 3 rings (SSSR count). The Hall–Kier alpha value is -2.44. The minimum Gasteiger partial charge on any atom is -0.544 e. The molecule has 2 aromatic rings. The first-order valence-electron chi connectivity index (χ1n) is 8.43. The van der Waals surface area contributed by atoms with Crippen LogP contribution in [-0.4, -0.2) is 39.1 Å². The fraction of sp³-hybridized carbons (Fsp3) is 0.294. The predicted molar refractivity (Wildman–Crippen MR) is 99.1 cm³/mol. The molecule has 0 unspecified atom stereocenters. The molecule has 2 aromatic carbocycles. The number of benzene rings is 2. The molecule has 0 fully saturated rings. The highest BCUT2D eigenvalue weighted by Crippen LogP contribution is 2.36. The molecule has 0 aliphatic carbocycles. The van der Waals surface area contributed by atoms with Gasteiger partial charge in [0, 0.05) is 5.39 Å². The number of alkyl halides is 3. The Kier molecular flexibility index (Phi) is 5.00. The maximum absolute atomic E-state index is 12.7. The average molecular weight is 447 g/mol. The van der Waals surface area contributed by atoms with Crippen LogP contribution in [0, 0.1) is 0 Å². The summed E-state index contributed by atoms with van der Waals surface area (Å²) >= 11 is 0. The highest BCUT2D eigenvalue weighted by atomic mass is 32.2. The lowest BCUT2D eigenvalue weighted by molar-refractivity contribution is -0.0761. The molecule has 0 spiro atoms. The highest BCUT2D eigenvalue weighted by molar-refractivity contribution is 7.87. The molecule has 1 aliphatic heterocycles. The fourth-order valence-electron chi connectivity index (χ4n) is 2.72. The van der Waals surface area contributed by atoms with E-state index in [2.05, 4.69) is 4.28 Å². The largest absolute Gasteiger partial charge is 0.544 e. The molecule has 0 N–H and O–H groups in total. The number of hydrogen-bond acceptors (Lipinski definition) is 6. The van der Waals surface area contributed by atoms with Crippen LogP contribution in [0.15, 0.2) is 30.3 Å². The summed E-state index contributed by atoms with van der Waals surface area (Å²) in [4.78, 5) is 25.2. The number of carbonyl (C=O) groups excluding carboxylic acids is 2. The third-order valence-electron chi connectivity index (χ3n) is 4.48. The average Bonchev–Trinajstić information content (AvgIpc) is 2.61. The SMILES string of the molecule is CC[Si](C)(C)Oc1cc2c3c(cccc3c1)C(=O)N(OS(=O)(=O)C(F)(F)F)C2=O. The summed E-state index contributed by atoms with van der Waals surface area (Å²) in [6.45, 7) is 5.82. The number of nitrogens with zero attached hydrogens (tertiary/aromatic N) is 1. The van der Waals surface area contributed by atoms with E-state index in [1.165, 1.54) is 18.2 Å². The summed E-state index contributed by atoms with van der Waals surface area (Å²) < 4.78 is 70.6. The standard InChI is InChI=1S/C17H16F3NO6SSi/c1-4-29(2,3)26-11-8-10-6-5-7-12-14(10)13(9-11)16(23)21(15(12)22)27-28(24,25)17(18,19)20/h5-9H,4H2,1-3H3. The van der Waals surface area contributed by atoms with Crippen molar-refractivity contribution in [1.29, 1.82) is 0 Å². The molecule has 1 aliphatic rings. The molecule has 12 heteroatoms. The van der Waals surface area contributed by atoms with Gasteiger partial charge < -0.3 is 4.43 Å². The Morgan fingerprint density at radius 1 is 1.07 bits per heavy atom. The van der Waals surface area contributed by atoms with E-state index >= 15 is 0 Å². The Morgan fingerprint density at radius 3 is 2.28 bits per heavy atom. The van der Waals surface area contributed by atoms with E-state index in [1.54, 1.807) is 12.1 Å². The maximum atomic E-state index is 12.7. The molecule has 156 valence electrons. The van der Waals surface area contributed by atoms with Gasteiger partial charge in [0.2, 0.25) is 8.32 Å². The van der Waals surface area contributed by atoms with Crippen LogP contribution >= 0.6 is 0 Å². The first kappa shape index (κ1) is 21.3. The molecule has 0 bridgehead atoms. The molecular weight excluding hydrogens is 431 g/mol. The van der Waals surface area contributed by atoms with Crippen LogP contribution in [0.25, 0.3) is 10.8 Å². The molecule has 7 nitrogen and oxygen atoms in total. The van der Waals surface area contributed by atoms with E-state index in [0.29, 0.717) is 11.1 Å². The second kappa shape index (κ2) is 6.81. The number of halogens is 3. The fourth-order valence-corrected chi connectivity index (χ4v) is 4.03. The number of hydrogen-bond donors (Lipinski definition) is 0. The molecule has 29 heavy (non-hydrogen) atoms. The maximum Gasteiger partial charge on any atom is 0.525 e. The normalized spacial score (nSPS) is 15.2. The van der Waals surface area contributed by atoms with Gasteiger partial charge in [0.1, 0.15) is 5.75 Å². The first-order valence-corrected chi connectivity index (χ1v) is 13.0. The summed E-state index contributed by atoms with van der Waals surface area (Å²) in [7, 11) is -8.34. The van der Waals surface area contributed by atoms with Gasteiger partial charge >= 0.3 is 15.6 Å². The summed E-state index contributed by atoms with van der Waals surface area (Å²) in [6.07, 6.45) is 0. The highest BCUT2D eigenvalue weighted by Gasteiger charge is 2.51. The zero-order valence-electron chi connectivity index (χ0n) is 15.5. The molecule has 0 saturated heterocycles. The smallest absolute Gasteiger partial charge is 0.525 e. The summed E-state index contributed by atoms with van der Waals surface area (Å²) in [6, 6.07) is 7.99. The number of amides is 2. The van der Waals surface area contributed by atoms with Gasteiger partial charge in [-0.25, -0.2) is 0 Å². The van der Waals surface area contributed by atoms with Crippen LogP contribution in [0.3, 0.4) is 0 Å². The topological polar surface area (TPSA) is 90.0 Å². The van der Waals surface area contributed by atoms with E-state index < -0.39 is 35.8 Å². The molecule has 0 saturated carbocycles. The van der Waals surface area contributed by atoms with E-state index in [4.69, 9.17) is 4.43 Å². The number of hydroxylamine groups is 2. The monoisotopic (exact) mass is 447 g/mol. The van der Waals surface area contributed by atoms with Gasteiger partial charge in [0.25, 0.3) is 11.8 Å². The Bertz CT molecular complexity index is 1130. The van der Waals surface area contributed by atoms with Crippen molar-refractivity contribution < 1.29 is 39.9 Å². The quantitative estimate of drug-likeness (QED) is 0.393. The van der Waals surface area contributed by atoms with E-state index in [-0.39, 0.29) is 21.6 Å². The van der Waals surface area contributed by atoms with Gasteiger partial charge in [-0.1, -0.05) is 19.1 Å². The molecular formula is C17H16F3NO6SSi. The van der Waals surface area contributed by atoms with Crippen LogP contribution in [0.2, 0.25) is 19.1 Å². The minimum atomic E-state index is -6.22. The molecule has 0 atom stereocenters. The first-order chi connectivity index (χ1) is 13.3. The van der Waals surface area contributed by atoms with Gasteiger partial charge in [-0.3, -0.25) is 9.59 Å². The van der Waals surface area contributed by atoms with Crippen LogP contribution in [0.4, 0.5) is 13.2 Å². The van der Waals surface area contributed by atoms with Gasteiger partial charge in [-0.05, 0) is 42.7 Å². The van der Waals surface area contributed by atoms with Crippen molar-refractivity contribution in [1.82, 2.24) is 5.06 Å². The van der Waals surface area contributed by atoms with E-state index in [1.807, 2.05) is 20.0 Å². The van der Waals surface area contributed by atoms with Gasteiger partial charge in [0.15, 0.2) is 0 Å². The zero-order valence-corrected chi connectivity index (χ0v) is 17.3. The molecule has 1 heterocycles. The summed E-state index contributed by atoms with van der Waals surface area (Å²) in [5.74, 6) is -2.34. The van der Waals surface area contributed by atoms with Gasteiger partial charge in [-0.2, -0.15) is 21.6 Å². The Balaban J connectivity index is 2.15. The van der Waals surface area contributed by atoms with Crippen molar-refractivity contribution in [3.05, 3.63) is 41.5 Å². The molecule has 0 radical (unpaired) electrons. The molecule has 0 aromatic heterocycles. The van der Waals surface area contributed by atoms with Crippen LogP contribution in [0.1, 0.15) is 27.6 Å². The van der Waals surface area contributed by atoms with Crippen LogP contribution in [0.5, 0.6) is 5.75 Å². The lowest BCUT2D eigenvalue weighted by Gasteiger charge is -2.27.